The summed E-state index contributed by atoms with van der Waals surface area (Å²) in [6.07, 6.45) is 5.56. The van der Waals surface area contributed by atoms with Crippen molar-refractivity contribution in [2.24, 2.45) is 5.92 Å². The number of benzene rings is 1. The van der Waals surface area contributed by atoms with Gasteiger partial charge in [0, 0.05) is 30.6 Å². The topological polar surface area (TPSA) is 110 Å². The van der Waals surface area contributed by atoms with E-state index in [4.69, 9.17) is 0 Å². The normalized spacial score (nSPS) is 12.2. The Morgan fingerprint density at radius 3 is 2.68 bits per heavy atom. The number of hydrogen-bond donors (Lipinski definition) is 2. The molecule has 0 fully saturated rings. The summed E-state index contributed by atoms with van der Waals surface area (Å²) in [5.74, 6) is -0.344. The molecule has 8 heteroatoms. The summed E-state index contributed by atoms with van der Waals surface area (Å²) in [4.78, 5) is 26.9. The van der Waals surface area contributed by atoms with Crippen LogP contribution in [0.1, 0.15) is 37.0 Å². The number of nitro groups is 1. The minimum Gasteiger partial charge on any atom is -0.391 e. The standard InChI is InChI=1S/C17H22N4O4/c1-3-12(4-2)16(22)10-19-17(23)13-5-6-14(15(9-13)21(24)25)20-8-7-18-11-20/h5-9,11-12,16,22H,3-4,10H2,1-2H3,(H,19,23). The number of carbonyl (C=O) groups excluding carboxylic acids is 1. The lowest BCUT2D eigenvalue weighted by Crippen LogP contribution is -2.36. The summed E-state index contributed by atoms with van der Waals surface area (Å²) < 4.78 is 1.51. The van der Waals surface area contributed by atoms with Gasteiger partial charge in [0.25, 0.3) is 11.6 Å². The molecule has 8 nitrogen and oxygen atoms in total. The molecule has 0 saturated heterocycles. The lowest BCUT2D eigenvalue weighted by Gasteiger charge is -2.20. The van der Waals surface area contributed by atoms with Crippen LogP contribution in [-0.2, 0) is 0 Å². The molecule has 1 aromatic heterocycles. The van der Waals surface area contributed by atoms with E-state index in [2.05, 4.69) is 10.3 Å². The molecule has 0 saturated carbocycles. The first-order valence-corrected chi connectivity index (χ1v) is 8.20. The zero-order valence-electron chi connectivity index (χ0n) is 14.3. The van der Waals surface area contributed by atoms with Crippen molar-refractivity contribution >= 4 is 11.6 Å². The highest BCUT2D eigenvalue weighted by molar-refractivity contribution is 5.95. The second kappa shape index (κ2) is 8.39. The molecule has 2 rings (SSSR count). The third-order valence-electron chi connectivity index (χ3n) is 4.28. The lowest BCUT2D eigenvalue weighted by atomic mass is 9.96. The molecule has 1 unspecified atom stereocenters. The number of rotatable bonds is 8. The first-order chi connectivity index (χ1) is 12.0. The number of nitro benzene ring substituents is 1. The largest absolute Gasteiger partial charge is 0.391 e. The molecule has 134 valence electrons. The average Bonchev–Trinajstić information content (AvgIpc) is 3.14. The van der Waals surface area contributed by atoms with Crippen LogP contribution in [0.15, 0.2) is 36.9 Å². The van der Waals surface area contributed by atoms with Gasteiger partial charge >= 0.3 is 0 Å². The Morgan fingerprint density at radius 2 is 2.12 bits per heavy atom. The minimum absolute atomic E-state index is 0.109. The third kappa shape index (κ3) is 4.42. The molecule has 0 aliphatic heterocycles. The van der Waals surface area contributed by atoms with Crippen molar-refractivity contribution in [1.29, 1.82) is 0 Å². The van der Waals surface area contributed by atoms with Crippen LogP contribution in [0.4, 0.5) is 5.69 Å². The molecule has 1 aromatic carbocycles. The van der Waals surface area contributed by atoms with Crippen LogP contribution in [0.5, 0.6) is 0 Å². The van der Waals surface area contributed by atoms with E-state index in [9.17, 15) is 20.0 Å². The van der Waals surface area contributed by atoms with Gasteiger partial charge in [-0.2, -0.15) is 0 Å². The van der Waals surface area contributed by atoms with Crippen LogP contribution in [0.25, 0.3) is 5.69 Å². The minimum atomic E-state index is -0.640. The van der Waals surface area contributed by atoms with E-state index in [1.165, 1.54) is 35.3 Å². The molecule has 2 aromatic rings. The maximum atomic E-state index is 12.3. The fourth-order valence-electron chi connectivity index (χ4n) is 2.73. The van der Waals surface area contributed by atoms with Crippen molar-refractivity contribution in [2.45, 2.75) is 32.8 Å². The first kappa shape index (κ1) is 18.6. The first-order valence-electron chi connectivity index (χ1n) is 8.20. The quantitative estimate of drug-likeness (QED) is 0.563. The summed E-state index contributed by atoms with van der Waals surface area (Å²) in [6, 6.07) is 4.25. The van der Waals surface area contributed by atoms with Gasteiger partial charge in [0.1, 0.15) is 5.69 Å². The fourth-order valence-corrected chi connectivity index (χ4v) is 2.73. The number of amides is 1. The van der Waals surface area contributed by atoms with E-state index in [1.54, 1.807) is 6.20 Å². The van der Waals surface area contributed by atoms with Crippen molar-refractivity contribution in [2.75, 3.05) is 6.54 Å². The summed E-state index contributed by atoms with van der Waals surface area (Å²) in [7, 11) is 0. The highest BCUT2D eigenvalue weighted by atomic mass is 16.6. The van der Waals surface area contributed by atoms with Gasteiger partial charge in [0.15, 0.2) is 0 Å². The fraction of sp³-hybridized carbons (Fsp3) is 0.412. The molecule has 1 amide bonds. The SMILES string of the molecule is CCC(CC)C(O)CNC(=O)c1ccc(-n2ccnc2)c([N+](=O)[O-])c1. The molecular weight excluding hydrogens is 324 g/mol. The van der Waals surface area contributed by atoms with Gasteiger partial charge in [0.2, 0.25) is 0 Å². The van der Waals surface area contributed by atoms with Crippen LogP contribution in [0.2, 0.25) is 0 Å². The van der Waals surface area contributed by atoms with Gasteiger partial charge in [-0.1, -0.05) is 26.7 Å². The third-order valence-corrected chi connectivity index (χ3v) is 4.28. The number of imidazole rings is 1. The van der Waals surface area contributed by atoms with Crippen molar-refractivity contribution in [3.63, 3.8) is 0 Å². The van der Waals surface area contributed by atoms with Gasteiger partial charge in [-0.15, -0.1) is 0 Å². The lowest BCUT2D eigenvalue weighted by molar-refractivity contribution is -0.384. The van der Waals surface area contributed by atoms with Crippen LogP contribution in [0.3, 0.4) is 0 Å². The van der Waals surface area contributed by atoms with Gasteiger partial charge in [-0.05, 0) is 18.1 Å². The molecule has 0 aliphatic carbocycles. The van der Waals surface area contributed by atoms with E-state index in [-0.39, 0.29) is 23.7 Å². The summed E-state index contributed by atoms with van der Waals surface area (Å²) in [5.41, 5.74) is 0.314. The number of nitrogens with zero attached hydrogens (tertiary/aromatic N) is 3. The predicted octanol–water partition coefficient (Wildman–Crippen LogP) is 2.31. The molecule has 0 bridgehead atoms. The van der Waals surface area contributed by atoms with E-state index >= 15 is 0 Å². The summed E-state index contributed by atoms with van der Waals surface area (Å²) >= 11 is 0. The van der Waals surface area contributed by atoms with Gasteiger partial charge < -0.3 is 15.0 Å². The van der Waals surface area contributed by atoms with E-state index in [1.807, 2.05) is 13.8 Å². The van der Waals surface area contributed by atoms with Crippen LogP contribution >= 0.6 is 0 Å². The second-order valence-corrected chi connectivity index (χ2v) is 5.78. The van der Waals surface area contributed by atoms with Crippen molar-refractivity contribution in [3.05, 3.63) is 52.6 Å². The second-order valence-electron chi connectivity index (χ2n) is 5.78. The molecule has 2 N–H and O–H groups in total. The van der Waals surface area contributed by atoms with Gasteiger partial charge in [0.05, 0.1) is 17.4 Å². The highest BCUT2D eigenvalue weighted by Crippen LogP contribution is 2.24. The number of aliphatic hydroxyl groups is 1. The van der Waals surface area contributed by atoms with Gasteiger partial charge in [-0.3, -0.25) is 14.9 Å². The van der Waals surface area contributed by atoms with Crippen molar-refractivity contribution in [3.8, 4) is 5.69 Å². The zero-order valence-corrected chi connectivity index (χ0v) is 14.3. The smallest absolute Gasteiger partial charge is 0.294 e. The maximum Gasteiger partial charge on any atom is 0.294 e. The molecule has 25 heavy (non-hydrogen) atoms. The zero-order chi connectivity index (χ0) is 18.4. The molecule has 0 radical (unpaired) electrons. The Kier molecular flexibility index (Phi) is 6.24. The maximum absolute atomic E-state index is 12.3. The van der Waals surface area contributed by atoms with Crippen molar-refractivity contribution in [1.82, 2.24) is 14.9 Å². The Morgan fingerprint density at radius 1 is 1.40 bits per heavy atom. The molecule has 1 atom stereocenters. The monoisotopic (exact) mass is 346 g/mol. The number of aliphatic hydroxyl groups excluding tert-OH is 1. The average molecular weight is 346 g/mol. The number of aromatic nitrogens is 2. The highest BCUT2D eigenvalue weighted by Gasteiger charge is 2.20. The Bertz CT molecular complexity index is 726. The Labute approximate surface area is 145 Å². The summed E-state index contributed by atoms with van der Waals surface area (Å²) in [6.45, 7) is 4.08. The number of hydrogen-bond acceptors (Lipinski definition) is 5. The Balaban J connectivity index is 2.15. The number of nitrogens with one attached hydrogen (secondary N) is 1. The number of carbonyl (C=O) groups is 1. The molecular formula is C17H22N4O4. The van der Waals surface area contributed by atoms with Crippen molar-refractivity contribution < 1.29 is 14.8 Å². The van der Waals surface area contributed by atoms with E-state index < -0.39 is 16.9 Å². The van der Waals surface area contributed by atoms with E-state index in [0.717, 1.165) is 12.8 Å². The molecule has 1 heterocycles. The summed E-state index contributed by atoms with van der Waals surface area (Å²) in [5, 5.41) is 24.0. The van der Waals surface area contributed by atoms with Crippen LogP contribution in [-0.4, -0.2) is 38.1 Å². The Hall–Kier alpha value is -2.74. The molecule has 0 spiro atoms. The van der Waals surface area contributed by atoms with Crippen LogP contribution in [0, 0.1) is 16.0 Å². The molecule has 0 aliphatic rings. The predicted molar refractivity (Wildman–Crippen MR) is 92.6 cm³/mol. The van der Waals surface area contributed by atoms with Crippen LogP contribution < -0.4 is 5.32 Å². The van der Waals surface area contributed by atoms with Gasteiger partial charge in [-0.25, -0.2) is 4.98 Å². The van der Waals surface area contributed by atoms with E-state index in [0.29, 0.717) is 5.69 Å².